The molecule has 1 aromatic heterocycles. The highest BCUT2D eigenvalue weighted by Gasteiger charge is 2.32. The van der Waals surface area contributed by atoms with Crippen molar-refractivity contribution >= 4 is 27.4 Å². The fraction of sp³-hybridized carbons (Fsp3) is 0.318. The van der Waals surface area contributed by atoms with Crippen molar-refractivity contribution in [2.24, 2.45) is 5.92 Å². The zero-order valence-corrected chi connectivity index (χ0v) is 16.1. The lowest BCUT2D eigenvalue weighted by Crippen LogP contribution is -2.41. The fourth-order valence-corrected chi connectivity index (χ4v) is 5.15. The number of methoxy groups -OCH3 is 1. The topological polar surface area (TPSA) is 49.8 Å². The number of carboxylic acids is 1. The molecule has 0 bridgehead atoms. The van der Waals surface area contributed by atoms with Gasteiger partial charge in [0.15, 0.2) is 0 Å². The summed E-state index contributed by atoms with van der Waals surface area (Å²) in [5.41, 5.74) is 1.17. The second-order valence-electron chi connectivity index (χ2n) is 7.03. The van der Waals surface area contributed by atoms with Gasteiger partial charge in [-0.1, -0.05) is 30.3 Å². The Morgan fingerprint density at radius 1 is 1.22 bits per heavy atom. The molecule has 1 saturated heterocycles. The van der Waals surface area contributed by atoms with Gasteiger partial charge in [0.05, 0.1) is 19.1 Å². The van der Waals surface area contributed by atoms with Crippen LogP contribution in [0.25, 0.3) is 10.1 Å². The van der Waals surface area contributed by atoms with Crippen molar-refractivity contribution in [2.75, 3.05) is 20.2 Å². The van der Waals surface area contributed by atoms with Gasteiger partial charge in [-0.2, -0.15) is 0 Å². The molecule has 4 nitrogen and oxygen atoms in total. The first kappa shape index (κ1) is 18.0. The molecule has 1 aliphatic heterocycles. The van der Waals surface area contributed by atoms with Gasteiger partial charge in [-0.15, -0.1) is 11.3 Å². The zero-order chi connectivity index (χ0) is 18.8. The van der Waals surface area contributed by atoms with E-state index in [1.54, 1.807) is 18.4 Å². The molecule has 1 aliphatic rings. The number of rotatable bonds is 5. The first-order valence-corrected chi connectivity index (χ1v) is 10.1. The summed E-state index contributed by atoms with van der Waals surface area (Å²) in [6, 6.07) is 18.9. The predicted molar refractivity (Wildman–Crippen MR) is 109 cm³/mol. The Balaban J connectivity index is 1.75. The average Bonchev–Trinajstić information content (AvgIpc) is 3.12. The van der Waals surface area contributed by atoms with Crippen molar-refractivity contribution < 1.29 is 14.6 Å². The highest BCUT2D eigenvalue weighted by molar-refractivity contribution is 7.19. The minimum absolute atomic E-state index is 0.0652. The Bertz CT molecular complexity index is 901. The first-order chi connectivity index (χ1) is 13.2. The molecule has 4 rings (SSSR count). The van der Waals surface area contributed by atoms with Gasteiger partial charge in [0.1, 0.15) is 5.75 Å². The van der Waals surface area contributed by atoms with Crippen LogP contribution >= 0.6 is 11.3 Å². The molecule has 2 aromatic carbocycles. The number of thiophene rings is 1. The molecule has 0 radical (unpaired) electrons. The molecule has 2 atom stereocenters. The number of nitrogens with zero attached hydrogens (tertiary/aromatic N) is 1. The van der Waals surface area contributed by atoms with Crippen LogP contribution in [0.1, 0.15) is 29.3 Å². The van der Waals surface area contributed by atoms with Crippen molar-refractivity contribution in [3.05, 3.63) is 65.0 Å². The maximum atomic E-state index is 11.6. The van der Waals surface area contributed by atoms with Gasteiger partial charge in [0.2, 0.25) is 0 Å². The lowest BCUT2D eigenvalue weighted by molar-refractivity contribution is -0.143. The molecule has 27 heavy (non-hydrogen) atoms. The Kier molecular flexibility index (Phi) is 5.14. The average molecular weight is 381 g/mol. The van der Waals surface area contributed by atoms with E-state index in [0.717, 1.165) is 25.1 Å². The van der Waals surface area contributed by atoms with E-state index in [2.05, 4.69) is 47.4 Å². The Morgan fingerprint density at radius 2 is 2.00 bits per heavy atom. The Hall–Kier alpha value is -2.37. The fourth-order valence-electron chi connectivity index (χ4n) is 3.92. The molecule has 5 heteroatoms. The third kappa shape index (κ3) is 3.70. The van der Waals surface area contributed by atoms with Crippen LogP contribution < -0.4 is 4.74 Å². The lowest BCUT2D eigenvalue weighted by atomic mass is 9.94. The van der Waals surface area contributed by atoms with Crippen LogP contribution in [0.5, 0.6) is 5.75 Å². The van der Waals surface area contributed by atoms with Crippen LogP contribution in [-0.4, -0.2) is 36.2 Å². The van der Waals surface area contributed by atoms with Crippen LogP contribution in [0, 0.1) is 5.92 Å². The number of ether oxygens (including phenoxy) is 1. The normalized spacial score (nSPS) is 19.1. The van der Waals surface area contributed by atoms with Crippen molar-refractivity contribution in [3.63, 3.8) is 0 Å². The highest BCUT2D eigenvalue weighted by atomic mass is 32.1. The maximum absolute atomic E-state index is 11.6. The van der Waals surface area contributed by atoms with Crippen LogP contribution in [0.4, 0.5) is 0 Å². The number of fused-ring (bicyclic) bond motifs is 1. The lowest BCUT2D eigenvalue weighted by Gasteiger charge is -2.37. The number of piperidine rings is 1. The smallest absolute Gasteiger partial charge is 0.307 e. The number of likely N-dealkylation sites (tertiary alicyclic amines) is 1. The molecular formula is C22H23NO3S. The Labute approximate surface area is 163 Å². The van der Waals surface area contributed by atoms with Crippen LogP contribution in [0.2, 0.25) is 0 Å². The predicted octanol–water partition coefficient (Wildman–Crippen LogP) is 4.80. The van der Waals surface area contributed by atoms with Gasteiger partial charge < -0.3 is 9.84 Å². The molecule has 0 spiro atoms. The van der Waals surface area contributed by atoms with E-state index >= 15 is 0 Å². The van der Waals surface area contributed by atoms with Crippen LogP contribution in [0.3, 0.4) is 0 Å². The molecule has 1 N–H and O–H groups in total. The van der Waals surface area contributed by atoms with E-state index in [4.69, 9.17) is 4.74 Å². The zero-order valence-electron chi connectivity index (χ0n) is 15.3. The first-order valence-electron chi connectivity index (χ1n) is 9.25. The van der Waals surface area contributed by atoms with E-state index in [1.807, 2.05) is 12.1 Å². The molecule has 0 aliphatic carbocycles. The summed E-state index contributed by atoms with van der Waals surface area (Å²) >= 11 is 1.79. The van der Waals surface area contributed by atoms with E-state index < -0.39 is 5.97 Å². The molecule has 0 amide bonds. The number of aliphatic carboxylic acids is 1. The van der Waals surface area contributed by atoms with Crippen LogP contribution in [0.15, 0.2) is 54.6 Å². The van der Waals surface area contributed by atoms with Gasteiger partial charge >= 0.3 is 5.97 Å². The minimum atomic E-state index is -0.690. The molecule has 2 unspecified atom stereocenters. The number of carbonyl (C=O) groups is 1. The van der Waals surface area contributed by atoms with Crippen molar-refractivity contribution in [1.82, 2.24) is 4.90 Å². The summed E-state index contributed by atoms with van der Waals surface area (Å²) in [7, 11) is 1.67. The van der Waals surface area contributed by atoms with Crippen molar-refractivity contribution in [1.29, 1.82) is 0 Å². The van der Waals surface area contributed by atoms with Gasteiger partial charge in [0.25, 0.3) is 0 Å². The standard InChI is InChI=1S/C22H23NO3S/c1-26-18-10-8-15(9-11-18)21(23-12-4-6-17(14-23)22(24)25)20-13-16-5-2-3-7-19(16)27-20/h2-3,5,7-11,13,17,21H,4,6,12,14H2,1H3,(H,24,25). The summed E-state index contributed by atoms with van der Waals surface area (Å²) in [6.07, 6.45) is 1.67. The van der Waals surface area contributed by atoms with Crippen molar-refractivity contribution in [2.45, 2.75) is 18.9 Å². The molecule has 2 heterocycles. The van der Waals surface area contributed by atoms with Gasteiger partial charge in [-0.3, -0.25) is 9.69 Å². The van der Waals surface area contributed by atoms with E-state index in [0.29, 0.717) is 6.54 Å². The molecule has 1 fully saturated rings. The molecule has 3 aromatic rings. The Morgan fingerprint density at radius 3 is 2.70 bits per heavy atom. The summed E-state index contributed by atoms with van der Waals surface area (Å²) in [6.45, 7) is 1.50. The summed E-state index contributed by atoms with van der Waals surface area (Å²) in [5.74, 6) is -0.158. The third-order valence-corrected chi connectivity index (χ3v) is 6.48. The largest absolute Gasteiger partial charge is 0.497 e. The second kappa shape index (κ2) is 7.71. The third-order valence-electron chi connectivity index (χ3n) is 5.31. The SMILES string of the molecule is COc1ccc(C(c2cc3ccccc3s2)N2CCCC(C(=O)O)C2)cc1. The van der Waals surface area contributed by atoms with E-state index in [1.165, 1.54) is 20.5 Å². The number of hydrogen-bond donors (Lipinski definition) is 1. The van der Waals surface area contributed by atoms with Crippen molar-refractivity contribution in [3.8, 4) is 5.75 Å². The van der Waals surface area contributed by atoms with E-state index in [9.17, 15) is 9.90 Å². The summed E-state index contributed by atoms with van der Waals surface area (Å²) < 4.78 is 6.57. The van der Waals surface area contributed by atoms with Gasteiger partial charge in [-0.05, 0) is 54.6 Å². The quantitative estimate of drug-likeness (QED) is 0.690. The second-order valence-corrected chi connectivity index (χ2v) is 8.15. The molecular weight excluding hydrogens is 358 g/mol. The monoisotopic (exact) mass is 381 g/mol. The molecule has 0 saturated carbocycles. The molecule has 140 valence electrons. The maximum Gasteiger partial charge on any atom is 0.307 e. The van der Waals surface area contributed by atoms with Gasteiger partial charge in [0, 0.05) is 16.1 Å². The summed E-state index contributed by atoms with van der Waals surface area (Å²) in [5, 5.41) is 10.8. The number of carboxylic acid groups (broad SMARTS) is 1. The number of hydrogen-bond acceptors (Lipinski definition) is 4. The minimum Gasteiger partial charge on any atom is -0.497 e. The van der Waals surface area contributed by atoms with E-state index in [-0.39, 0.29) is 12.0 Å². The van der Waals surface area contributed by atoms with Crippen LogP contribution in [-0.2, 0) is 4.79 Å². The summed E-state index contributed by atoms with van der Waals surface area (Å²) in [4.78, 5) is 15.2. The van der Waals surface area contributed by atoms with Gasteiger partial charge in [-0.25, -0.2) is 0 Å². The number of benzene rings is 2. The highest BCUT2D eigenvalue weighted by Crippen LogP contribution is 2.39.